The Hall–Kier alpha value is -2.67. The third kappa shape index (κ3) is 4.05. The predicted octanol–water partition coefficient (Wildman–Crippen LogP) is 3.07. The smallest absolute Gasteiger partial charge is 0.315 e. The highest BCUT2D eigenvalue weighted by Crippen LogP contribution is 2.48. The molecule has 0 radical (unpaired) electrons. The van der Waals surface area contributed by atoms with Crippen LogP contribution < -0.4 is 9.47 Å². The van der Waals surface area contributed by atoms with Crippen molar-refractivity contribution in [2.75, 3.05) is 34.5 Å². The van der Waals surface area contributed by atoms with E-state index in [4.69, 9.17) is 18.9 Å². The molecule has 2 aliphatic rings. The average molecular weight is 401 g/mol. The van der Waals surface area contributed by atoms with Crippen LogP contribution in [0.2, 0.25) is 0 Å². The molecule has 3 rings (SSSR count). The van der Waals surface area contributed by atoms with E-state index in [1.807, 2.05) is 19.1 Å². The molecule has 1 heterocycles. The Balaban J connectivity index is 2.14. The first-order chi connectivity index (χ1) is 14.0. The molecule has 0 spiro atoms. The minimum Gasteiger partial charge on any atom is -0.493 e. The molecule has 0 N–H and O–H groups in total. The quantitative estimate of drug-likeness (QED) is 0.516. The van der Waals surface area contributed by atoms with Crippen LogP contribution in [0.1, 0.15) is 37.7 Å². The van der Waals surface area contributed by atoms with E-state index in [2.05, 4.69) is 4.99 Å². The van der Waals surface area contributed by atoms with Gasteiger partial charge in [0.25, 0.3) is 0 Å². The van der Waals surface area contributed by atoms with E-state index in [1.54, 1.807) is 27.4 Å². The molecule has 0 amide bonds. The van der Waals surface area contributed by atoms with Crippen molar-refractivity contribution in [3.05, 3.63) is 35.0 Å². The van der Waals surface area contributed by atoms with Crippen LogP contribution in [0.4, 0.5) is 0 Å². The molecule has 0 bridgehead atoms. The number of allylic oxidation sites excluding steroid dienone is 2. The third-order valence-electron chi connectivity index (χ3n) is 5.39. The molecule has 1 aromatic rings. The van der Waals surface area contributed by atoms with Crippen LogP contribution in [0, 0.1) is 5.92 Å². The van der Waals surface area contributed by atoms with E-state index in [-0.39, 0.29) is 12.4 Å². The predicted molar refractivity (Wildman–Crippen MR) is 108 cm³/mol. The van der Waals surface area contributed by atoms with E-state index in [0.29, 0.717) is 42.2 Å². The van der Waals surface area contributed by atoms with Crippen LogP contribution in [-0.2, 0) is 19.1 Å². The highest BCUT2D eigenvalue weighted by molar-refractivity contribution is 6.09. The summed E-state index contributed by atoms with van der Waals surface area (Å²) < 4.78 is 21.5. The summed E-state index contributed by atoms with van der Waals surface area (Å²) in [6.45, 7) is 2.25. The number of aliphatic imine (C=N–C) groups is 1. The largest absolute Gasteiger partial charge is 0.493 e. The molecule has 7 nitrogen and oxygen atoms in total. The number of esters is 1. The third-order valence-corrected chi connectivity index (χ3v) is 5.39. The van der Waals surface area contributed by atoms with Gasteiger partial charge in [0.05, 0.1) is 20.8 Å². The standard InChI is InChI=1S/C22H27NO6/c1-13-18(22(25)29-12-11-26-2)19(20-15(23-13)8-6-9-16(20)24)14-7-5-10-17(27-3)21(14)28-4/h5,7,10,18-19H,6,8-9,11-12H2,1-4H3/t18?,19-/m0/s1. The van der Waals surface area contributed by atoms with Crippen LogP contribution in [0.25, 0.3) is 0 Å². The van der Waals surface area contributed by atoms with Gasteiger partial charge >= 0.3 is 5.97 Å². The zero-order valence-corrected chi connectivity index (χ0v) is 17.3. The number of Topliss-reactive ketones (excluding diaryl/α,β-unsaturated/α-hetero) is 1. The summed E-state index contributed by atoms with van der Waals surface area (Å²) in [5.74, 6) is -0.601. The molecule has 0 aromatic heterocycles. The second-order valence-electron chi connectivity index (χ2n) is 7.09. The molecule has 7 heteroatoms. The van der Waals surface area contributed by atoms with Gasteiger partial charge in [-0.25, -0.2) is 0 Å². The first-order valence-corrected chi connectivity index (χ1v) is 9.71. The molecule has 0 saturated carbocycles. The van der Waals surface area contributed by atoms with E-state index in [1.165, 1.54) is 0 Å². The zero-order valence-electron chi connectivity index (χ0n) is 17.3. The Kier molecular flexibility index (Phi) is 6.69. The van der Waals surface area contributed by atoms with Gasteiger partial charge in [-0.2, -0.15) is 0 Å². The molecule has 0 saturated heterocycles. The lowest BCUT2D eigenvalue weighted by Gasteiger charge is -2.35. The highest BCUT2D eigenvalue weighted by atomic mass is 16.6. The molecule has 1 aliphatic heterocycles. The van der Waals surface area contributed by atoms with Crippen LogP contribution in [0.5, 0.6) is 11.5 Å². The Labute approximate surface area is 170 Å². The van der Waals surface area contributed by atoms with Gasteiger partial charge in [-0.05, 0) is 25.8 Å². The summed E-state index contributed by atoms with van der Waals surface area (Å²) in [6, 6.07) is 5.49. The Bertz CT molecular complexity index is 857. The van der Waals surface area contributed by atoms with E-state index < -0.39 is 17.8 Å². The van der Waals surface area contributed by atoms with E-state index in [0.717, 1.165) is 17.7 Å². The molecule has 1 aromatic carbocycles. The van der Waals surface area contributed by atoms with Crippen molar-refractivity contribution in [3.8, 4) is 11.5 Å². The first-order valence-electron chi connectivity index (χ1n) is 9.71. The second-order valence-corrected chi connectivity index (χ2v) is 7.09. The van der Waals surface area contributed by atoms with Gasteiger partial charge in [0, 0.05) is 42.0 Å². The van der Waals surface area contributed by atoms with E-state index in [9.17, 15) is 9.59 Å². The normalized spacial score (nSPS) is 21.4. The number of para-hydroxylation sites is 1. The first kappa shape index (κ1) is 21.0. The number of carbonyl (C=O) groups is 2. The summed E-state index contributed by atoms with van der Waals surface area (Å²) in [7, 11) is 4.65. The monoisotopic (exact) mass is 401 g/mol. The molecule has 156 valence electrons. The van der Waals surface area contributed by atoms with Crippen molar-refractivity contribution >= 4 is 17.5 Å². The van der Waals surface area contributed by atoms with Gasteiger partial charge in [0.1, 0.15) is 12.5 Å². The number of methoxy groups -OCH3 is 3. The van der Waals surface area contributed by atoms with E-state index >= 15 is 0 Å². The maximum absolute atomic E-state index is 13.0. The molecular weight excluding hydrogens is 374 g/mol. The van der Waals surface area contributed by atoms with Gasteiger partial charge in [0.2, 0.25) is 0 Å². The number of benzene rings is 1. The Morgan fingerprint density at radius 1 is 1.14 bits per heavy atom. The molecule has 1 aliphatic carbocycles. The van der Waals surface area contributed by atoms with Crippen molar-refractivity contribution in [2.24, 2.45) is 10.9 Å². The summed E-state index contributed by atoms with van der Waals surface area (Å²) in [6.07, 6.45) is 1.92. The van der Waals surface area contributed by atoms with Gasteiger partial charge in [-0.15, -0.1) is 0 Å². The zero-order chi connectivity index (χ0) is 21.0. The van der Waals surface area contributed by atoms with Crippen molar-refractivity contribution in [3.63, 3.8) is 0 Å². The van der Waals surface area contributed by atoms with Gasteiger partial charge in [-0.1, -0.05) is 12.1 Å². The minimum absolute atomic E-state index is 0.0204. The summed E-state index contributed by atoms with van der Waals surface area (Å²) in [5.41, 5.74) is 2.70. The number of rotatable bonds is 7. The average Bonchev–Trinajstić information content (AvgIpc) is 2.72. The molecule has 1 unspecified atom stereocenters. The number of ether oxygens (including phenoxy) is 4. The van der Waals surface area contributed by atoms with Crippen molar-refractivity contribution in [1.82, 2.24) is 0 Å². The lowest BCUT2D eigenvalue weighted by molar-refractivity contribution is -0.147. The van der Waals surface area contributed by atoms with Crippen molar-refractivity contribution < 1.29 is 28.5 Å². The van der Waals surface area contributed by atoms with Crippen molar-refractivity contribution in [1.29, 1.82) is 0 Å². The van der Waals surface area contributed by atoms with Gasteiger partial charge in [-0.3, -0.25) is 14.6 Å². The maximum Gasteiger partial charge on any atom is 0.315 e. The molecule has 29 heavy (non-hydrogen) atoms. The fourth-order valence-electron chi connectivity index (χ4n) is 4.12. The minimum atomic E-state index is -0.714. The fourth-order valence-corrected chi connectivity index (χ4v) is 4.12. The van der Waals surface area contributed by atoms with Crippen molar-refractivity contribution in [2.45, 2.75) is 32.1 Å². The number of ketones is 1. The summed E-state index contributed by atoms with van der Waals surface area (Å²) in [5, 5.41) is 0. The maximum atomic E-state index is 13.0. The number of carbonyl (C=O) groups excluding carboxylic acids is 2. The highest BCUT2D eigenvalue weighted by Gasteiger charge is 2.44. The topological polar surface area (TPSA) is 83.4 Å². The van der Waals surface area contributed by atoms with Crippen LogP contribution in [0.15, 0.2) is 34.5 Å². The lowest BCUT2D eigenvalue weighted by Crippen LogP contribution is -2.37. The molecule has 2 atom stereocenters. The van der Waals surface area contributed by atoms with Crippen LogP contribution in [0.3, 0.4) is 0 Å². The number of hydrogen-bond acceptors (Lipinski definition) is 7. The Morgan fingerprint density at radius 2 is 1.93 bits per heavy atom. The Morgan fingerprint density at radius 3 is 2.62 bits per heavy atom. The summed E-state index contributed by atoms with van der Waals surface area (Å²) >= 11 is 0. The summed E-state index contributed by atoms with van der Waals surface area (Å²) in [4.78, 5) is 30.6. The van der Waals surface area contributed by atoms with Crippen LogP contribution >= 0.6 is 0 Å². The number of nitrogens with zero attached hydrogens (tertiary/aromatic N) is 1. The fraction of sp³-hybridized carbons (Fsp3) is 0.500. The number of hydrogen-bond donors (Lipinski definition) is 0. The SMILES string of the molecule is COCCOC(=O)C1C(C)=NC2=C(C(=O)CCC2)[C@H]1c1cccc(OC)c1OC. The molecular formula is C22H27NO6. The van der Waals surface area contributed by atoms with Crippen LogP contribution in [-0.4, -0.2) is 52.0 Å². The van der Waals surface area contributed by atoms with Gasteiger partial charge in [0.15, 0.2) is 17.3 Å². The molecule has 0 fully saturated rings. The second kappa shape index (κ2) is 9.22. The van der Waals surface area contributed by atoms with Gasteiger partial charge < -0.3 is 18.9 Å². The lowest BCUT2D eigenvalue weighted by atomic mass is 9.71.